The Bertz CT molecular complexity index is 801. The van der Waals surface area contributed by atoms with Gasteiger partial charge >= 0.3 is 0 Å². The number of amides is 1. The van der Waals surface area contributed by atoms with Crippen molar-refractivity contribution in [1.82, 2.24) is 15.1 Å². The number of aromatic amines is 1. The van der Waals surface area contributed by atoms with E-state index in [1.807, 2.05) is 26.0 Å². The largest absolute Gasteiger partial charge is 0.487 e. The van der Waals surface area contributed by atoms with Gasteiger partial charge in [-0.05, 0) is 32.0 Å². The van der Waals surface area contributed by atoms with Crippen molar-refractivity contribution in [2.45, 2.75) is 38.6 Å². The highest BCUT2D eigenvalue weighted by Crippen LogP contribution is 2.31. The van der Waals surface area contributed by atoms with Crippen LogP contribution >= 0.6 is 11.6 Å². The number of hydrogen-bond donors (Lipinski definition) is 1. The first kappa shape index (κ1) is 16.4. The molecule has 7 heteroatoms. The summed E-state index contributed by atoms with van der Waals surface area (Å²) in [6.45, 7) is 5.09. The first-order valence-electron chi connectivity index (χ1n) is 8.45. The zero-order chi connectivity index (χ0) is 17.6. The third kappa shape index (κ3) is 3.12. The molecule has 1 fully saturated rings. The molecule has 3 heterocycles. The molecule has 0 radical (unpaired) electrons. The van der Waals surface area contributed by atoms with Crippen molar-refractivity contribution in [1.29, 1.82) is 0 Å². The van der Waals surface area contributed by atoms with Crippen LogP contribution in [0.15, 0.2) is 24.3 Å². The Balaban J connectivity index is 1.41. The van der Waals surface area contributed by atoms with Crippen molar-refractivity contribution < 1.29 is 14.3 Å². The standard InChI is InChI=1S/C18H20ClN3O3/c1-10-6-15-16(11(2)24-10)20-21-17(15)18(23)22-8-14(9-22)25-13-5-3-4-12(19)7-13/h3-5,7,10-11,14H,6,8-9H2,1-2H3,(H,20,21)/t10-,11+/m1/s1. The lowest BCUT2D eigenvalue weighted by molar-refractivity contribution is -0.00730. The minimum Gasteiger partial charge on any atom is -0.487 e. The first-order chi connectivity index (χ1) is 12.0. The number of H-pyrrole nitrogens is 1. The van der Waals surface area contributed by atoms with Crippen LogP contribution in [0.3, 0.4) is 0 Å². The Morgan fingerprint density at radius 1 is 1.40 bits per heavy atom. The summed E-state index contributed by atoms with van der Waals surface area (Å²) in [6.07, 6.45) is 0.705. The number of carbonyl (C=O) groups excluding carboxylic acids is 1. The number of likely N-dealkylation sites (tertiary alicyclic amines) is 1. The number of halogens is 1. The van der Waals surface area contributed by atoms with Gasteiger partial charge in [0.15, 0.2) is 5.69 Å². The van der Waals surface area contributed by atoms with E-state index in [4.69, 9.17) is 21.1 Å². The van der Waals surface area contributed by atoms with E-state index in [0.717, 1.165) is 17.0 Å². The number of aromatic nitrogens is 2. The average molecular weight is 362 g/mol. The summed E-state index contributed by atoms with van der Waals surface area (Å²) < 4.78 is 11.6. The van der Waals surface area contributed by atoms with Gasteiger partial charge < -0.3 is 14.4 Å². The quantitative estimate of drug-likeness (QED) is 0.912. The van der Waals surface area contributed by atoms with E-state index in [-0.39, 0.29) is 24.2 Å². The molecule has 132 valence electrons. The lowest BCUT2D eigenvalue weighted by Gasteiger charge is -2.38. The van der Waals surface area contributed by atoms with Crippen LogP contribution in [0.2, 0.25) is 5.02 Å². The molecule has 1 aromatic heterocycles. The molecule has 0 spiro atoms. The molecule has 1 N–H and O–H groups in total. The number of nitrogens with zero attached hydrogens (tertiary/aromatic N) is 2. The zero-order valence-corrected chi connectivity index (χ0v) is 14.9. The van der Waals surface area contributed by atoms with Crippen LogP contribution in [0.4, 0.5) is 0 Å². The molecule has 0 unspecified atom stereocenters. The fraction of sp³-hybridized carbons (Fsp3) is 0.444. The lowest BCUT2D eigenvalue weighted by Crippen LogP contribution is -2.56. The van der Waals surface area contributed by atoms with E-state index in [0.29, 0.717) is 30.2 Å². The van der Waals surface area contributed by atoms with Crippen LogP contribution in [0.25, 0.3) is 0 Å². The van der Waals surface area contributed by atoms with Crippen LogP contribution in [0, 0.1) is 0 Å². The first-order valence-corrected chi connectivity index (χ1v) is 8.83. The smallest absolute Gasteiger partial charge is 0.274 e. The van der Waals surface area contributed by atoms with E-state index in [1.54, 1.807) is 17.0 Å². The highest BCUT2D eigenvalue weighted by atomic mass is 35.5. The Morgan fingerprint density at radius 2 is 2.20 bits per heavy atom. The Labute approximate surface area is 151 Å². The molecule has 2 aromatic rings. The SMILES string of the molecule is C[C@@H]1Cc2c(C(=O)N3CC(Oc4cccc(Cl)c4)C3)n[nH]c2[C@H](C)O1. The molecule has 0 aliphatic carbocycles. The lowest BCUT2D eigenvalue weighted by atomic mass is 9.98. The summed E-state index contributed by atoms with van der Waals surface area (Å²) >= 11 is 5.96. The molecule has 4 rings (SSSR count). The van der Waals surface area contributed by atoms with E-state index < -0.39 is 0 Å². The number of fused-ring (bicyclic) bond motifs is 1. The van der Waals surface area contributed by atoms with Gasteiger partial charge in [0.1, 0.15) is 11.9 Å². The number of benzene rings is 1. The van der Waals surface area contributed by atoms with E-state index in [2.05, 4.69) is 10.2 Å². The topological polar surface area (TPSA) is 67.5 Å². The van der Waals surface area contributed by atoms with Crippen LogP contribution in [0.5, 0.6) is 5.75 Å². The number of rotatable bonds is 3. The molecule has 1 aromatic carbocycles. The zero-order valence-electron chi connectivity index (χ0n) is 14.2. The van der Waals surface area contributed by atoms with Crippen molar-refractivity contribution in [3.8, 4) is 5.75 Å². The molecular weight excluding hydrogens is 342 g/mol. The second-order valence-corrected chi connectivity index (χ2v) is 7.10. The van der Waals surface area contributed by atoms with E-state index >= 15 is 0 Å². The monoisotopic (exact) mass is 361 g/mol. The van der Waals surface area contributed by atoms with Crippen molar-refractivity contribution in [2.24, 2.45) is 0 Å². The second kappa shape index (κ2) is 6.35. The van der Waals surface area contributed by atoms with Gasteiger partial charge in [-0.3, -0.25) is 9.89 Å². The van der Waals surface area contributed by atoms with Crippen molar-refractivity contribution >= 4 is 17.5 Å². The molecule has 2 atom stereocenters. The maximum Gasteiger partial charge on any atom is 0.274 e. The summed E-state index contributed by atoms with van der Waals surface area (Å²) in [6, 6.07) is 7.29. The molecule has 1 saturated heterocycles. The molecule has 6 nitrogen and oxygen atoms in total. The molecule has 0 bridgehead atoms. The fourth-order valence-corrected chi connectivity index (χ4v) is 3.59. The van der Waals surface area contributed by atoms with Gasteiger partial charge in [-0.1, -0.05) is 17.7 Å². The van der Waals surface area contributed by atoms with Gasteiger partial charge in [0.25, 0.3) is 5.91 Å². The number of hydrogen-bond acceptors (Lipinski definition) is 4. The highest BCUT2D eigenvalue weighted by molar-refractivity contribution is 6.30. The maximum atomic E-state index is 12.8. The molecular formula is C18H20ClN3O3. The molecule has 2 aliphatic rings. The van der Waals surface area contributed by atoms with E-state index in [9.17, 15) is 4.79 Å². The third-order valence-electron chi connectivity index (χ3n) is 4.67. The summed E-state index contributed by atoms with van der Waals surface area (Å²) in [4.78, 5) is 14.5. The van der Waals surface area contributed by atoms with Gasteiger partial charge in [0, 0.05) is 17.0 Å². The minimum absolute atomic E-state index is 0.0154. The number of nitrogens with one attached hydrogen (secondary N) is 1. The summed E-state index contributed by atoms with van der Waals surface area (Å²) in [5.74, 6) is 0.672. The van der Waals surface area contributed by atoms with Crippen molar-refractivity contribution in [2.75, 3.05) is 13.1 Å². The number of carbonyl (C=O) groups is 1. The Kier molecular flexibility index (Phi) is 4.17. The molecule has 2 aliphatic heterocycles. The van der Waals surface area contributed by atoms with Crippen molar-refractivity contribution in [3.05, 3.63) is 46.2 Å². The predicted molar refractivity (Wildman–Crippen MR) is 93.0 cm³/mol. The average Bonchev–Trinajstić information content (AvgIpc) is 2.94. The Morgan fingerprint density at radius 3 is 2.96 bits per heavy atom. The minimum atomic E-state index is -0.0666. The maximum absolute atomic E-state index is 12.8. The summed E-state index contributed by atoms with van der Waals surface area (Å²) in [7, 11) is 0. The number of ether oxygens (including phenoxy) is 2. The molecule has 1 amide bonds. The van der Waals surface area contributed by atoms with Crippen LogP contribution in [-0.2, 0) is 11.2 Å². The molecule has 0 saturated carbocycles. The second-order valence-electron chi connectivity index (χ2n) is 6.66. The normalized spacial score (nSPS) is 23.1. The van der Waals surface area contributed by atoms with Crippen LogP contribution in [-0.4, -0.2) is 46.3 Å². The summed E-state index contributed by atoms with van der Waals surface area (Å²) in [5.41, 5.74) is 2.40. The molecule has 25 heavy (non-hydrogen) atoms. The van der Waals surface area contributed by atoms with Crippen LogP contribution in [0.1, 0.15) is 41.7 Å². The van der Waals surface area contributed by atoms with E-state index in [1.165, 1.54) is 0 Å². The van der Waals surface area contributed by atoms with Gasteiger partial charge in [-0.15, -0.1) is 0 Å². The van der Waals surface area contributed by atoms with Gasteiger partial charge in [-0.2, -0.15) is 5.10 Å². The Hall–Kier alpha value is -2.05. The third-order valence-corrected chi connectivity index (χ3v) is 4.91. The van der Waals surface area contributed by atoms with Gasteiger partial charge in [-0.25, -0.2) is 0 Å². The fourth-order valence-electron chi connectivity index (χ4n) is 3.41. The van der Waals surface area contributed by atoms with Crippen molar-refractivity contribution in [3.63, 3.8) is 0 Å². The van der Waals surface area contributed by atoms with Gasteiger partial charge in [0.05, 0.1) is 31.0 Å². The van der Waals surface area contributed by atoms with Crippen LogP contribution < -0.4 is 4.74 Å². The highest BCUT2D eigenvalue weighted by Gasteiger charge is 2.37. The summed E-state index contributed by atoms with van der Waals surface area (Å²) in [5, 5.41) is 7.86. The predicted octanol–water partition coefficient (Wildman–Crippen LogP) is 2.99. The van der Waals surface area contributed by atoms with Gasteiger partial charge in [0.2, 0.25) is 0 Å².